The Bertz CT molecular complexity index is 1040. The van der Waals surface area contributed by atoms with Crippen LogP contribution in [0.4, 0.5) is 18.0 Å². The van der Waals surface area contributed by atoms with Crippen LogP contribution < -0.4 is 11.1 Å². The molecular formula is C20H17F3N4O2. The lowest BCUT2D eigenvalue weighted by atomic mass is 9.99. The maximum absolute atomic E-state index is 12.8. The second kappa shape index (κ2) is 6.91. The highest BCUT2D eigenvalue weighted by molar-refractivity contribution is 5.73. The average Bonchev–Trinajstić information content (AvgIpc) is 3.26. The second-order valence-electron chi connectivity index (χ2n) is 7.01. The highest BCUT2D eigenvalue weighted by atomic mass is 19.4. The number of hydrogen-bond donors (Lipinski definition) is 2. The summed E-state index contributed by atoms with van der Waals surface area (Å²) in [6.45, 7) is 0. The van der Waals surface area contributed by atoms with E-state index in [0.717, 1.165) is 23.3 Å². The minimum absolute atomic E-state index is 0.278. The monoisotopic (exact) mass is 402 g/mol. The summed E-state index contributed by atoms with van der Waals surface area (Å²) in [5, 5.41) is 10.8. The molecule has 3 N–H and O–H groups in total. The van der Waals surface area contributed by atoms with Crippen molar-refractivity contribution in [3.63, 3.8) is 0 Å². The van der Waals surface area contributed by atoms with E-state index in [9.17, 15) is 18.0 Å². The van der Waals surface area contributed by atoms with E-state index in [2.05, 4.69) is 15.5 Å². The van der Waals surface area contributed by atoms with E-state index in [1.807, 2.05) is 18.2 Å². The van der Waals surface area contributed by atoms with Crippen LogP contribution >= 0.6 is 0 Å². The van der Waals surface area contributed by atoms with E-state index in [4.69, 9.17) is 10.2 Å². The zero-order valence-electron chi connectivity index (χ0n) is 15.2. The summed E-state index contributed by atoms with van der Waals surface area (Å²) in [7, 11) is 0. The van der Waals surface area contributed by atoms with Crippen LogP contribution in [0.2, 0.25) is 0 Å². The maximum Gasteiger partial charge on any atom is 0.416 e. The number of nitrogens with zero attached hydrogens (tertiary/aromatic N) is 2. The van der Waals surface area contributed by atoms with Gasteiger partial charge in [0.25, 0.3) is 0 Å². The average molecular weight is 402 g/mol. The molecule has 2 amide bonds. The molecule has 2 aromatic carbocycles. The summed E-state index contributed by atoms with van der Waals surface area (Å²) in [6.07, 6.45) is -2.65. The van der Waals surface area contributed by atoms with Crippen molar-refractivity contribution in [1.29, 1.82) is 0 Å². The largest absolute Gasteiger partial charge is 0.418 e. The number of alkyl halides is 3. The van der Waals surface area contributed by atoms with Gasteiger partial charge in [0, 0.05) is 5.56 Å². The van der Waals surface area contributed by atoms with Gasteiger partial charge in [0.2, 0.25) is 11.8 Å². The molecule has 0 bridgehead atoms. The number of rotatable bonds is 5. The van der Waals surface area contributed by atoms with Crippen LogP contribution in [0.3, 0.4) is 0 Å². The van der Waals surface area contributed by atoms with Gasteiger partial charge in [-0.25, -0.2) is 4.79 Å². The Morgan fingerprint density at radius 2 is 1.79 bits per heavy atom. The summed E-state index contributed by atoms with van der Waals surface area (Å²) >= 11 is 0. The van der Waals surface area contributed by atoms with Gasteiger partial charge in [-0.05, 0) is 48.6 Å². The molecule has 0 spiro atoms. The number of carbonyl (C=O) groups is 1. The van der Waals surface area contributed by atoms with Gasteiger partial charge in [-0.3, -0.25) is 0 Å². The van der Waals surface area contributed by atoms with Gasteiger partial charge in [0.1, 0.15) is 5.54 Å². The van der Waals surface area contributed by atoms with Crippen molar-refractivity contribution in [1.82, 2.24) is 15.5 Å². The fraction of sp³-hybridized carbons (Fsp3) is 0.250. The minimum atomic E-state index is -4.37. The number of primary amides is 1. The molecule has 1 heterocycles. The van der Waals surface area contributed by atoms with Gasteiger partial charge in [0.05, 0.1) is 5.56 Å². The van der Waals surface area contributed by atoms with Gasteiger partial charge in [0.15, 0.2) is 0 Å². The maximum atomic E-state index is 12.8. The van der Waals surface area contributed by atoms with Gasteiger partial charge >= 0.3 is 12.2 Å². The molecule has 1 aliphatic carbocycles. The predicted octanol–water partition coefficient (Wildman–Crippen LogP) is 4.00. The van der Waals surface area contributed by atoms with Gasteiger partial charge in [-0.2, -0.15) is 13.2 Å². The number of nitrogens with one attached hydrogen (secondary N) is 1. The van der Waals surface area contributed by atoms with Crippen molar-refractivity contribution in [2.24, 2.45) is 5.73 Å². The molecule has 0 saturated heterocycles. The third-order valence-corrected chi connectivity index (χ3v) is 4.87. The number of aromatic nitrogens is 2. The number of urea groups is 1. The summed E-state index contributed by atoms with van der Waals surface area (Å²) < 4.78 is 44.1. The van der Waals surface area contributed by atoms with Crippen molar-refractivity contribution in [2.75, 3.05) is 0 Å². The van der Waals surface area contributed by atoms with Crippen molar-refractivity contribution in [3.05, 3.63) is 71.1 Å². The lowest BCUT2D eigenvalue weighted by molar-refractivity contribution is -0.137. The molecule has 3 aromatic rings. The zero-order valence-corrected chi connectivity index (χ0v) is 15.2. The first-order valence-corrected chi connectivity index (χ1v) is 8.93. The standard InChI is InChI=1S/C20H17F3N4O2/c21-20(22,23)14-7-5-12(6-8-14)11-13-3-1-2-4-15(13)16-26-27-17(29-16)19(9-10-19)25-18(24)28/h1-8H,9-11H2,(H3,24,25,28). The number of carbonyl (C=O) groups excluding carboxylic acids is 1. The summed E-state index contributed by atoms with van der Waals surface area (Å²) in [6, 6.07) is 11.7. The van der Waals surface area contributed by atoms with Crippen LogP contribution in [0.25, 0.3) is 11.5 Å². The Balaban J connectivity index is 1.59. The minimum Gasteiger partial charge on any atom is -0.418 e. The third kappa shape index (κ3) is 3.94. The number of amides is 2. The first-order chi connectivity index (χ1) is 13.8. The topological polar surface area (TPSA) is 94.0 Å². The van der Waals surface area contributed by atoms with E-state index in [1.165, 1.54) is 12.1 Å². The number of halogens is 3. The first kappa shape index (κ1) is 19.0. The smallest absolute Gasteiger partial charge is 0.416 e. The van der Waals surface area contributed by atoms with Crippen molar-refractivity contribution < 1.29 is 22.4 Å². The molecule has 1 aliphatic rings. The Morgan fingerprint density at radius 1 is 1.10 bits per heavy atom. The summed E-state index contributed by atoms with van der Waals surface area (Å²) in [5.74, 6) is 0.565. The molecule has 0 aliphatic heterocycles. The van der Waals surface area contributed by atoms with Crippen molar-refractivity contribution in [3.8, 4) is 11.5 Å². The summed E-state index contributed by atoms with van der Waals surface area (Å²) in [4.78, 5) is 11.2. The normalized spacial score (nSPS) is 15.1. The zero-order chi connectivity index (χ0) is 20.6. The van der Waals surface area contributed by atoms with Gasteiger partial charge < -0.3 is 15.5 Å². The second-order valence-corrected chi connectivity index (χ2v) is 7.01. The lowest BCUT2D eigenvalue weighted by Crippen LogP contribution is -2.38. The first-order valence-electron chi connectivity index (χ1n) is 8.93. The Morgan fingerprint density at radius 3 is 2.41 bits per heavy atom. The molecule has 150 valence electrons. The molecule has 1 fully saturated rings. The van der Waals surface area contributed by atoms with Gasteiger partial charge in [-0.15, -0.1) is 10.2 Å². The predicted molar refractivity (Wildman–Crippen MR) is 97.6 cm³/mol. The highest BCUT2D eigenvalue weighted by Crippen LogP contribution is 2.45. The molecule has 1 saturated carbocycles. The van der Waals surface area contributed by atoms with Crippen LogP contribution in [0.15, 0.2) is 52.9 Å². The Kier molecular flexibility index (Phi) is 4.52. The van der Waals surface area contributed by atoms with E-state index in [0.29, 0.717) is 24.8 Å². The quantitative estimate of drug-likeness (QED) is 0.674. The lowest BCUT2D eigenvalue weighted by Gasteiger charge is -2.11. The Labute approximate surface area is 163 Å². The molecular weight excluding hydrogens is 385 g/mol. The number of hydrogen-bond acceptors (Lipinski definition) is 4. The third-order valence-electron chi connectivity index (χ3n) is 4.87. The van der Waals surface area contributed by atoms with E-state index < -0.39 is 23.3 Å². The van der Waals surface area contributed by atoms with E-state index >= 15 is 0 Å². The fourth-order valence-electron chi connectivity index (χ4n) is 3.19. The number of nitrogens with two attached hydrogens (primary N) is 1. The van der Waals surface area contributed by atoms with Crippen LogP contribution in [-0.4, -0.2) is 16.2 Å². The van der Waals surface area contributed by atoms with Crippen molar-refractivity contribution in [2.45, 2.75) is 31.0 Å². The van der Waals surface area contributed by atoms with Crippen LogP contribution in [-0.2, 0) is 18.1 Å². The van der Waals surface area contributed by atoms with Gasteiger partial charge in [-0.1, -0.05) is 30.3 Å². The molecule has 0 radical (unpaired) electrons. The molecule has 0 unspecified atom stereocenters. The molecule has 6 nitrogen and oxygen atoms in total. The Hall–Kier alpha value is -3.36. The fourth-order valence-corrected chi connectivity index (χ4v) is 3.19. The molecule has 1 aromatic heterocycles. The van der Waals surface area contributed by atoms with Crippen LogP contribution in [0.1, 0.15) is 35.4 Å². The molecule has 4 rings (SSSR count). The number of benzene rings is 2. The highest BCUT2D eigenvalue weighted by Gasteiger charge is 2.50. The SMILES string of the molecule is NC(=O)NC1(c2nnc(-c3ccccc3Cc3ccc(C(F)(F)F)cc3)o2)CC1. The summed E-state index contributed by atoms with van der Waals surface area (Å²) in [5.41, 5.74) is 6.05. The molecule has 9 heteroatoms. The van der Waals surface area contributed by atoms with Crippen molar-refractivity contribution >= 4 is 6.03 Å². The van der Waals surface area contributed by atoms with Crippen LogP contribution in [0.5, 0.6) is 0 Å². The van der Waals surface area contributed by atoms with Crippen LogP contribution in [0, 0.1) is 0 Å². The molecule has 29 heavy (non-hydrogen) atoms. The molecule has 0 atom stereocenters. The van der Waals surface area contributed by atoms with E-state index in [-0.39, 0.29) is 11.8 Å². The van der Waals surface area contributed by atoms with E-state index in [1.54, 1.807) is 6.07 Å².